The smallest absolute Gasteiger partial charge is 0.216 e. The molecule has 1 N–H and O–H groups in total. The minimum Gasteiger partial charge on any atom is -0.490 e. The number of nitrogens with one attached hydrogen (secondary N) is 1. The van der Waals surface area contributed by atoms with Crippen LogP contribution >= 0.6 is 12.2 Å². The van der Waals surface area contributed by atoms with E-state index in [1.165, 1.54) is 0 Å². The largest absolute Gasteiger partial charge is 0.490 e. The van der Waals surface area contributed by atoms with Gasteiger partial charge in [-0.25, -0.2) is 0 Å². The third-order valence-electron chi connectivity index (χ3n) is 3.24. The summed E-state index contributed by atoms with van der Waals surface area (Å²) in [6.45, 7) is 7.36. The summed E-state index contributed by atoms with van der Waals surface area (Å²) in [5.74, 6) is 2.30. The fraction of sp³-hybridized carbons (Fsp3) is 0.471. The standard InChI is InChI=1S/C17H24N4O2S/c1-4-7-16-19-20-17(24)21(16)18-12-13-8-9-14(23-10-5-2)15(11-13)22-6-3/h8-9,11-12H,4-7,10H2,1-3H3,(H,20,24)/b18-12+. The lowest BCUT2D eigenvalue weighted by atomic mass is 10.2. The highest BCUT2D eigenvalue weighted by atomic mass is 32.1. The van der Waals surface area contributed by atoms with Crippen LogP contribution in [0.5, 0.6) is 11.5 Å². The second-order valence-corrected chi connectivity index (χ2v) is 5.63. The third-order valence-corrected chi connectivity index (χ3v) is 3.51. The molecule has 1 aromatic carbocycles. The van der Waals surface area contributed by atoms with Crippen molar-refractivity contribution >= 4 is 18.4 Å². The second-order valence-electron chi connectivity index (χ2n) is 5.24. The van der Waals surface area contributed by atoms with Crippen molar-refractivity contribution < 1.29 is 9.47 Å². The number of nitrogens with zero attached hydrogens (tertiary/aromatic N) is 3. The van der Waals surface area contributed by atoms with Crippen LogP contribution in [-0.4, -0.2) is 34.3 Å². The van der Waals surface area contributed by atoms with E-state index in [-0.39, 0.29) is 0 Å². The van der Waals surface area contributed by atoms with Gasteiger partial charge in [-0.3, -0.25) is 5.10 Å². The molecule has 0 spiro atoms. The fourth-order valence-corrected chi connectivity index (χ4v) is 2.36. The Morgan fingerprint density at radius 3 is 2.75 bits per heavy atom. The SMILES string of the molecule is CCCOc1ccc(/C=N/n2c(CCC)n[nH]c2=S)cc1OCC. The molecule has 7 heteroatoms. The van der Waals surface area contributed by atoms with E-state index in [0.717, 1.165) is 42.1 Å². The molecule has 24 heavy (non-hydrogen) atoms. The van der Waals surface area contributed by atoms with E-state index in [9.17, 15) is 0 Å². The van der Waals surface area contributed by atoms with Gasteiger partial charge in [-0.15, -0.1) is 0 Å². The van der Waals surface area contributed by atoms with E-state index in [1.54, 1.807) is 10.9 Å². The number of H-pyrrole nitrogens is 1. The number of hydrogen-bond acceptors (Lipinski definition) is 5. The Bertz CT molecular complexity index is 736. The highest BCUT2D eigenvalue weighted by Crippen LogP contribution is 2.28. The van der Waals surface area contributed by atoms with E-state index in [0.29, 0.717) is 18.0 Å². The molecule has 0 radical (unpaired) electrons. The monoisotopic (exact) mass is 348 g/mol. The topological polar surface area (TPSA) is 64.4 Å². The molecule has 2 aromatic rings. The maximum absolute atomic E-state index is 5.71. The number of aromatic nitrogens is 3. The summed E-state index contributed by atoms with van der Waals surface area (Å²) in [5, 5.41) is 11.4. The Kier molecular flexibility index (Phi) is 6.99. The molecular weight excluding hydrogens is 324 g/mol. The summed E-state index contributed by atoms with van der Waals surface area (Å²) in [5.41, 5.74) is 0.910. The first kappa shape index (κ1) is 18.2. The summed E-state index contributed by atoms with van der Waals surface area (Å²) >= 11 is 5.22. The van der Waals surface area contributed by atoms with Crippen LogP contribution in [0.4, 0.5) is 0 Å². The lowest BCUT2D eigenvalue weighted by Crippen LogP contribution is -2.01. The summed E-state index contributed by atoms with van der Waals surface area (Å²) < 4.78 is 13.5. The zero-order valence-corrected chi connectivity index (χ0v) is 15.2. The van der Waals surface area contributed by atoms with Crippen LogP contribution in [0.2, 0.25) is 0 Å². The molecule has 0 aliphatic rings. The molecule has 0 aliphatic heterocycles. The van der Waals surface area contributed by atoms with Gasteiger partial charge in [-0.2, -0.15) is 14.9 Å². The first-order valence-electron chi connectivity index (χ1n) is 8.29. The molecule has 1 heterocycles. The summed E-state index contributed by atoms with van der Waals surface area (Å²) in [6.07, 6.45) is 4.50. The maximum atomic E-state index is 5.71. The average molecular weight is 348 g/mol. The van der Waals surface area contributed by atoms with E-state index < -0.39 is 0 Å². The lowest BCUT2D eigenvalue weighted by molar-refractivity contribution is 0.277. The van der Waals surface area contributed by atoms with Crippen molar-refractivity contribution in [1.29, 1.82) is 0 Å². The van der Waals surface area contributed by atoms with Crippen molar-refractivity contribution in [2.75, 3.05) is 13.2 Å². The lowest BCUT2D eigenvalue weighted by Gasteiger charge is -2.11. The Morgan fingerprint density at radius 1 is 1.21 bits per heavy atom. The van der Waals surface area contributed by atoms with Crippen molar-refractivity contribution in [2.24, 2.45) is 5.10 Å². The van der Waals surface area contributed by atoms with Gasteiger partial charge < -0.3 is 9.47 Å². The van der Waals surface area contributed by atoms with Crippen molar-refractivity contribution in [3.63, 3.8) is 0 Å². The predicted octanol–water partition coefficient (Wildman–Crippen LogP) is 3.96. The fourth-order valence-electron chi connectivity index (χ4n) is 2.16. The van der Waals surface area contributed by atoms with Crippen molar-refractivity contribution in [3.05, 3.63) is 34.4 Å². The molecule has 0 fully saturated rings. The van der Waals surface area contributed by atoms with Crippen molar-refractivity contribution in [3.8, 4) is 11.5 Å². The Hall–Kier alpha value is -2.15. The van der Waals surface area contributed by atoms with E-state index in [4.69, 9.17) is 21.7 Å². The highest BCUT2D eigenvalue weighted by molar-refractivity contribution is 7.71. The van der Waals surface area contributed by atoms with Gasteiger partial charge in [-0.1, -0.05) is 13.8 Å². The van der Waals surface area contributed by atoms with E-state index in [2.05, 4.69) is 29.1 Å². The van der Waals surface area contributed by atoms with Gasteiger partial charge in [0.2, 0.25) is 4.77 Å². The first-order chi connectivity index (χ1) is 11.7. The van der Waals surface area contributed by atoms with Crippen LogP contribution in [0.25, 0.3) is 0 Å². The number of aryl methyl sites for hydroxylation is 1. The van der Waals surface area contributed by atoms with Crippen LogP contribution in [0.1, 0.15) is 45.0 Å². The summed E-state index contributed by atoms with van der Waals surface area (Å²) in [4.78, 5) is 0. The molecule has 2 rings (SSSR count). The van der Waals surface area contributed by atoms with Gasteiger partial charge in [0, 0.05) is 6.42 Å². The predicted molar refractivity (Wildman–Crippen MR) is 97.8 cm³/mol. The van der Waals surface area contributed by atoms with Gasteiger partial charge in [0.25, 0.3) is 0 Å². The van der Waals surface area contributed by atoms with Crippen LogP contribution in [0, 0.1) is 4.77 Å². The Balaban J connectivity index is 2.24. The van der Waals surface area contributed by atoms with Gasteiger partial charge in [-0.05, 0) is 55.7 Å². The zero-order chi connectivity index (χ0) is 17.4. The number of benzene rings is 1. The third kappa shape index (κ3) is 4.67. The number of ether oxygens (including phenoxy) is 2. The van der Waals surface area contributed by atoms with Gasteiger partial charge >= 0.3 is 0 Å². The molecule has 0 bridgehead atoms. The van der Waals surface area contributed by atoms with Crippen molar-refractivity contribution in [2.45, 2.75) is 40.0 Å². The van der Waals surface area contributed by atoms with E-state index >= 15 is 0 Å². The number of aromatic amines is 1. The second kappa shape index (κ2) is 9.22. The summed E-state index contributed by atoms with van der Waals surface area (Å²) in [6, 6.07) is 5.77. The van der Waals surface area contributed by atoms with Crippen LogP contribution in [0.3, 0.4) is 0 Å². The van der Waals surface area contributed by atoms with Crippen LogP contribution < -0.4 is 9.47 Å². The molecule has 0 saturated carbocycles. The molecule has 0 unspecified atom stereocenters. The Labute approximate surface area is 147 Å². The molecular formula is C17H24N4O2S. The normalized spacial score (nSPS) is 11.1. The number of hydrogen-bond donors (Lipinski definition) is 1. The molecule has 1 aromatic heterocycles. The summed E-state index contributed by atoms with van der Waals surface area (Å²) in [7, 11) is 0. The zero-order valence-electron chi connectivity index (χ0n) is 14.4. The van der Waals surface area contributed by atoms with Gasteiger partial charge in [0.1, 0.15) is 0 Å². The Morgan fingerprint density at radius 2 is 2.04 bits per heavy atom. The molecule has 0 atom stereocenters. The van der Waals surface area contributed by atoms with Gasteiger partial charge in [0.15, 0.2) is 17.3 Å². The molecule has 0 amide bonds. The maximum Gasteiger partial charge on any atom is 0.216 e. The molecule has 0 aliphatic carbocycles. The van der Waals surface area contributed by atoms with E-state index in [1.807, 2.05) is 25.1 Å². The first-order valence-corrected chi connectivity index (χ1v) is 8.70. The van der Waals surface area contributed by atoms with Crippen LogP contribution in [-0.2, 0) is 6.42 Å². The van der Waals surface area contributed by atoms with Crippen LogP contribution in [0.15, 0.2) is 23.3 Å². The quantitative estimate of drug-likeness (QED) is 0.550. The van der Waals surface area contributed by atoms with Crippen molar-refractivity contribution in [1.82, 2.24) is 14.9 Å². The minimum absolute atomic E-state index is 0.489. The highest BCUT2D eigenvalue weighted by Gasteiger charge is 2.07. The molecule has 130 valence electrons. The van der Waals surface area contributed by atoms with Gasteiger partial charge in [0.05, 0.1) is 19.4 Å². The minimum atomic E-state index is 0.489. The number of rotatable bonds is 9. The average Bonchev–Trinajstić information content (AvgIpc) is 2.93. The molecule has 0 saturated heterocycles. The molecule has 6 nitrogen and oxygen atoms in total.